The molecule has 0 aliphatic heterocycles. The van der Waals surface area contributed by atoms with Crippen molar-refractivity contribution in [2.24, 2.45) is 5.73 Å². The van der Waals surface area contributed by atoms with Crippen LogP contribution in [0.4, 0.5) is 22.4 Å². The summed E-state index contributed by atoms with van der Waals surface area (Å²) < 4.78 is 58.6. The minimum atomic E-state index is -4.69. The third-order valence-corrected chi connectivity index (χ3v) is 7.41. The fraction of sp³-hybridized carbons (Fsp3) is 0.357. The van der Waals surface area contributed by atoms with Crippen LogP contribution in [-0.2, 0) is 12.0 Å². The molecule has 1 aliphatic rings. The van der Waals surface area contributed by atoms with Crippen LogP contribution in [0.25, 0.3) is 0 Å². The van der Waals surface area contributed by atoms with Crippen LogP contribution in [-0.4, -0.2) is 35.6 Å². The molecule has 0 bridgehead atoms. The van der Waals surface area contributed by atoms with Crippen LogP contribution in [0.15, 0.2) is 72.9 Å². The second-order valence-electron chi connectivity index (χ2n) is 9.58. The second kappa shape index (κ2) is 12.5. The SMILES string of the molecule is N[C@H]1CCCC[C@@H]1NC(=O)N[C@@](Cc1ccccc1)(c1cccc(OC(F)(F)C(F)F)c1)c1ccc(I)cn1. The zero-order chi connectivity index (χ0) is 28.0. The van der Waals surface area contributed by atoms with E-state index in [-0.39, 0.29) is 18.5 Å². The number of alkyl halides is 4. The molecule has 1 saturated carbocycles. The van der Waals surface area contributed by atoms with Gasteiger partial charge in [0.2, 0.25) is 0 Å². The van der Waals surface area contributed by atoms with Crippen molar-refractivity contribution in [2.45, 2.75) is 62.3 Å². The maximum absolute atomic E-state index is 13.8. The quantitative estimate of drug-likeness (QED) is 0.196. The van der Waals surface area contributed by atoms with Crippen molar-refractivity contribution >= 4 is 28.6 Å². The van der Waals surface area contributed by atoms with Gasteiger partial charge in [-0.1, -0.05) is 55.3 Å². The number of carbonyl (C=O) groups is 1. The molecule has 2 amide bonds. The molecule has 0 unspecified atom stereocenters. The summed E-state index contributed by atoms with van der Waals surface area (Å²) >= 11 is 2.10. The molecule has 3 atom stereocenters. The highest BCUT2D eigenvalue weighted by Crippen LogP contribution is 2.36. The van der Waals surface area contributed by atoms with Gasteiger partial charge < -0.3 is 21.1 Å². The van der Waals surface area contributed by atoms with Crippen LogP contribution in [0.3, 0.4) is 0 Å². The smallest absolute Gasteiger partial charge is 0.428 e. The van der Waals surface area contributed by atoms with E-state index in [1.165, 1.54) is 12.1 Å². The molecular weight excluding hydrogens is 627 g/mol. The van der Waals surface area contributed by atoms with Gasteiger partial charge in [-0.3, -0.25) is 4.98 Å². The Labute approximate surface area is 237 Å². The largest absolute Gasteiger partial charge is 0.461 e. The predicted octanol–water partition coefficient (Wildman–Crippen LogP) is 5.98. The first-order valence-corrected chi connectivity index (χ1v) is 13.6. The molecule has 6 nitrogen and oxygen atoms in total. The Kier molecular flexibility index (Phi) is 9.31. The number of ether oxygens (including phenoxy) is 1. The van der Waals surface area contributed by atoms with Gasteiger partial charge in [0, 0.05) is 28.3 Å². The van der Waals surface area contributed by atoms with E-state index < -0.39 is 29.9 Å². The van der Waals surface area contributed by atoms with Crippen LogP contribution in [0, 0.1) is 3.57 Å². The van der Waals surface area contributed by atoms with E-state index in [1.807, 2.05) is 36.4 Å². The van der Waals surface area contributed by atoms with Crippen molar-refractivity contribution in [3.63, 3.8) is 0 Å². The topological polar surface area (TPSA) is 89.3 Å². The van der Waals surface area contributed by atoms with Crippen LogP contribution in [0.5, 0.6) is 5.75 Å². The highest BCUT2D eigenvalue weighted by atomic mass is 127. The van der Waals surface area contributed by atoms with Gasteiger partial charge in [-0.15, -0.1) is 0 Å². The van der Waals surface area contributed by atoms with Gasteiger partial charge in [0.1, 0.15) is 11.3 Å². The van der Waals surface area contributed by atoms with Crippen LogP contribution in [0.2, 0.25) is 0 Å². The van der Waals surface area contributed by atoms with Crippen LogP contribution in [0.1, 0.15) is 42.5 Å². The maximum atomic E-state index is 13.8. The minimum absolute atomic E-state index is 0.181. The fourth-order valence-corrected chi connectivity index (χ4v) is 5.13. The molecule has 4 rings (SSSR count). The third-order valence-electron chi connectivity index (χ3n) is 6.77. The molecule has 11 heteroatoms. The average molecular weight is 656 g/mol. The number of benzene rings is 2. The number of aromatic nitrogens is 1. The van der Waals surface area contributed by atoms with E-state index in [2.05, 4.69) is 42.9 Å². The van der Waals surface area contributed by atoms with Crippen molar-refractivity contribution < 1.29 is 27.1 Å². The molecule has 3 aromatic rings. The minimum Gasteiger partial charge on any atom is -0.428 e. The number of nitrogens with two attached hydrogens (primary N) is 1. The molecule has 1 aliphatic carbocycles. The molecule has 1 fully saturated rings. The van der Waals surface area contributed by atoms with Crippen LogP contribution >= 0.6 is 22.6 Å². The molecule has 2 aromatic carbocycles. The Bertz CT molecular complexity index is 1250. The number of pyridine rings is 1. The van der Waals surface area contributed by atoms with E-state index in [9.17, 15) is 22.4 Å². The number of nitrogens with zero attached hydrogens (tertiary/aromatic N) is 1. The lowest BCUT2D eigenvalue weighted by Crippen LogP contribution is -2.57. The van der Waals surface area contributed by atoms with Crippen molar-refractivity contribution in [2.75, 3.05) is 0 Å². The summed E-state index contributed by atoms with van der Waals surface area (Å²) in [4.78, 5) is 18.1. The first-order chi connectivity index (χ1) is 18.6. The number of halogens is 5. The fourth-order valence-electron chi connectivity index (χ4n) is 4.81. The summed E-state index contributed by atoms with van der Waals surface area (Å²) in [5.41, 5.74) is 6.44. The van der Waals surface area contributed by atoms with Gasteiger partial charge in [0.05, 0.1) is 5.69 Å². The van der Waals surface area contributed by atoms with Crippen molar-refractivity contribution in [1.82, 2.24) is 15.6 Å². The zero-order valence-electron chi connectivity index (χ0n) is 20.9. The first kappa shape index (κ1) is 29.1. The van der Waals surface area contributed by atoms with Crippen molar-refractivity contribution in [3.05, 3.63) is 93.3 Å². The summed E-state index contributed by atoms with van der Waals surface area (Å²) in [6.45, 7) is 0. The number of rotatable bonds is 9. The zero-order valence-corrected chi connectivity index (χ0v) is 23.1. The normalized spacial score (nSPS) is 19.3. The van der Waals surface area contributed by atoms with Gasteiger partial charge in [-0.25, -0.2) is 4.79 Å². The molecule has 208 valence electrons. The van der Waals surface area contributed by atoms with Gasteiger partial charge in [0.25, 0.3) is 0 Å². The summed E-state index contributed by atoms with van der Waals surface area (Å²) in [6.07, 6.45) is -3.46. The van der Waals surface area contributed by atoms with Gasteiger partial charge in [0.15, 0.2) is 0 Å². The molecule has 39 heavy (non-hydrogen) atoms. The lowest BCUT2D eigenvalue weighted by molar-refractivity contribution is -0.253. The number of nitrogens with one attached hydrogen (secondary N) is 2. The summed E-state index contributed by atoms with van der Waals surface area (Å²) in [6, 6.07) is 17.3. The average Bonchev–Trinajstić information content (AvgIpc) is 2.90. The number of hydrogen-bond donors (Lipinski definition) is 3. The highest BCUT2D eigenvalue weighted by molar-refractivity contribution is 14.1. The van der Waals surface area contributed by atoms with Crippen molar-refractivity contribution in [3.8, 4) is 5.75 Å². The Morgan fingerprint density at radius 2 is 1.82 bits per heavy atom. The number of hydrogen-bond acceptors (Lipinski definition) is 4. The van der Waals surface area contributed by atoms with E-state index in [4.69, 9.17) is 5.73 Å². The van der Waals surface area contributed by atoms with Crippen LogP contribution < -0.4 is 21.1 Å². The van der Waals surface area contributed by atoms with E-state index in [1.54, 1.807) is 18.3 Å². The molecule has 0 radical (unpaired) electrons. The lowest BCUT2D eigenvalue weighted by atomic mass is 9.80. The predicted molar refractivity (Wildman–Crippen MR) is 148 cm³/mol. The Balaban J connectivity index is 1.81. The number of urea groups is 1. The molecule has 1 aromatic heterocycles. The monoisotopic (exact) mass is 656 g/mol. The number of amides is 2. The Hall–Kier alpha value is -2.93. The molecular formula is C28H29F4IN4O2. The van der Waals surface area contributed by atoms with E-state index in [0.29, 0.717) is 11.3 Å². The third kappa shape index (κ3) is 7.18. The lowest BCUT2D eigenvalue weighted by Gasteiger charge is -2.37. The highest BCUT2D eigenvalue weighted by Gasteiger charge is 2.45. The Morgan fingerprint density at radius 1 is 1.08 bits per heavy atom. The molecule has 0 saturated heterocycles. The summed E-state index contributed by atoms with van der Waals surface area (Å²) in [5.74, 6) is -0.475. The van der Waals surface area contributed by atoms with E-state index in [0.717, 1.165) is 40.9 Å². The second-order valence-corrected chi connectivity index (χ2v) is 10.8. The molecule has 1 heterocycles. The van der Waals surface area contributed by atoms with Gasteiger partial charge in [-0.2, -0.15) is 17.6 Å². The standard InChI is InChI=1S/C28H29F4IN4O2/c29-25(30)28(31,32)39-21-10-6-9-19(15-21)27(16-18-7-2-1-3-8-18,24-14-13-20(33)17-35-24)37-26(38)36-23-12-5-4-11-22(23)34/h1-3,6-10,13-15,17,22-23,25H,4-5,11-12,16,34H2,(H2,36,37,38)/t22-,23-,27-/m0/s1. The number of carbonyl (C=O) groups excluding carboxylic acids is 1. The molecule has 0 spiro atoms. The van der Waals surface area contributed by atoms with Gasteiger partial charge in [-0.05, 0) is 70.8 Å². The molecule has 4 N–H and O–H groups in total. The van der Waals surface area contributed by atoms with E-state index >= 15 is 0 Å². The summed E-state index contributed by atoms with van der Waals surface area (Å²) in [7, 11) is 0. The first-order valence-electron chi connectivity index (χ1n) is 12.5. The maximum Gasteiger partial charge on any atom is 0.461 e. The van der Waals surface area contributed by atoms with Crippen molar-refractivity contribution in [1.29, 1.82) is 0 Å². The summed E-state index contributed by atoms with van der Waals surface area (Å²) in [5, 5.41) is 6.02. The Morgan fingerprint density at radius 3 is 2.49 bits per heavy atom. The van der Waals surface area contributed by atoms with Gasteiger partial charge >= 0.3 is 18.6 Å².